The number of aliphatic carboxylic acids is 1. The maximum absolute atomic E-state index is 10.5. The second kappa shape index (κ2) is 3.87. The van der Waals surface area contributed by atoms with Crippen LogP contribution in [-0.4, -0.2) is 31.0 Å². The van der Waals surface area contributed by atoms with Gasteiger partial charge in [-0.3, -0.25) is 4.79 Å². The summed E-state index contributed by atoms with van der Waals surface area (Å²) in [5.74, 6) is -0.913. The summed E-state index contributed by atoms with van der Waals surface area (Å²) in [6, 6.07) is 1.63. The van der Waals surface area contributed by atoms with E-state index < -0.39 is 5.97 Å². The molecule has 0 unspecified atom stereocenters. The highest BCUT2D eigenvalue weighted by atomic mass is 16.4. The fourth-order valence-corrected chi connectivity index (χ4v) is 1.19. The van der Waals surface area contributed by atoms with Gasteiger partial charge in [-0.1, -0.05) is 0 Å². The van der Waals surface area contributed by atoms with Crippen molar-refractivity contribution >= 4 is 5.97 Å². The minimum Gasteiger partial charge on any atom is -0.481 e. The van der Waals surface area contributed by atoms with Crippen molar-refractivity contribution < 1.29 is 9.90 Å². The molecule has 6 heteroatoms. The lowest BCUT2D eigenvalue weighted by molar-refractivity contribution is -0.136. The van der Waals surface area contributed by atoms with Gasteiger partial charge in [-0.25, -0.2) is 15.0 Å². The van der Waals surface area contributed by atoms with Crippen LogP contribution in [0, 0.1) is 0 Å². The topological polar surface area (TPSA) is 91.8 Å². The number of carbonyl (C=O) groups is 1. The second-order valence-electron chi connectivity index (χ2n) is 2.93. The maximum Gasteiger partial charge on any atom is 0.309 e. The van der Waals surface area contributed by atoms with E-state index in [9.17, 15) is 4.79 Å². The zero-order valence-electron chi connectivity index (χ0n) is 7.71. The Morgan fingerprint density at radius 3 is 3.00 bits per heavy atom. The van der Waals surface area contributed by atoms with Gasteiger partial charge < -0.3 is 10.1 Å². The van der Waals surface area contributed by atoms with E-state index in [1.807, 2.05) is 0 Å². The third-order valence-corrected chi connectivity index (χ3v) is 1.83. The minimum absolute atomic E-state index is 0.107. The number of hydrogen-bond donors (Lipinski definition) is 2. The van der Waals surface area contributed by atoms with Gasteiger partial charge in [0.1, 0.15) is 6.33 Å². The number of aromatic nitrogens is 4. The molecular weight excluding hydrogens is 196 g/mol. The zero-order chi connectivity index (χ0) is 10.7. The van der Waals surface area contributed by atoms with Crippen molar-refractivity contribution in [1.29, 1.82) is 0 Å². The minimum atomic E-state index is -0.913. The number of nitrogens with zero attached hydrogens (tertiary/aromatic N) is 3. The number of hydrogen-bond acceptors (Lipinski definition) is 4. The van der Waals surface area contributed by atoms with Crippen molar-refractivity contribution in [3.63, 3.8) is 0 Å². The van der Waals surface area contributed by atoms with Gasteiger partial charge in [0, 0.05) is 0 Å². The van der Waals surface area contributed by atoms with Gasteiger partial charge in [0.05, 0.1) is 36.0 Å². The van der Waals surface area contributed by atoms with E-state index in [1.165, 1.54) is 12.7 Å². The molecule has 2 heterocycles. The summed E-state index contributed by atoms with van der Waals surface area (Å²) in [5, 5.41) is 8.61. The number of H-pyrrole nitrogens is 1. The van der Waals surface area contributed by atoms with Gasteiger partial charge in [-0.15, -0.1) is 0 Å². The summed E-state index contributed by atoms with van der Waals surface area (Å²) in [6.07, 6.45) is 4.39. The van der Waals surface area contributed by atoms with Crippen LogP contribution in [0.4, 0.5) is 0 Å². The molecule has 2 rings (SSSR count). The Hall–Kier alpha value is -2.24. The third kappa shape index (κ3) is 2.16. The van der Waals surface area contributed by atoms with E-state index in [4.69, 9.17) is 5.11 Å². The Morgan fingerprint density at radius 2 is 2.33 bits per heavy atom. The number of carboxylic acids is 1. The van der Waals surface area contributed by atoms with Crippen molar-refractivity contribution in [2.75, 3.05) is 0 Å². The predicted octanol–water partition coefficient (Wildman–Crippen LogP) is 0.494. The van der Waals surface area contributed by atoms with Crippen molar-refractivity contribution in [2.24, 2.45) is 0 Å². The largest absolute Gasteiger partial charge is 0.481 e. The number of rotatable bonds is 3. The zero-order valence-corrected chi connectivity index (χ0v) is 7.71. The van der Waals surface area contributed by atoms with Gasteiger partial charge in [0.15, 0.2) is 0 Å². The predicted molar refractivity (Wildman–Crippen MR) is 51.0 cm³/mol. The van der Waals surface area contributed by atoms with E-state index in [1.54, 1.807) is 12.3 Å². The molecule has 0 saturated heterocycles. The highest BCUT2D eigenvalue weighted by molar-refractivity contribution is 5.70. The summed E-state index contributed by atoms with van der Waals surface area (Å²) < 4.78 is 0. The van der Waals surface area contributed by atoms with E-state index in [-0.39, 0.29) is 6.42 Å². The van der Waals surface area contributed by atoms with Crippen LogP contribution in [0.15, 0.2) is 24.9 Å². The maximum atomic E-state index is 10.5. The van der Waals surface area contributed by atoms with Crippen LogP contribution < -0.4 is 0 Å². The molecule has 2 aromatic heterocycles. The van der Waals surface area contributed by atoms with Crippen molar-refractivity contribution in [3.05, 3.63) is 30.6 Å². The molecule has 0 radical (unpaired) electrons. The van der Waals surface area contributed by atoms with Gasteiger partial charge in [0.25, 0.3) is 0 Å². The first-order chi connectivity index (χ1) is 7.25. The Labute approximate surface area is 85.0 Å². The second-order valence-corrected chi connectivity index (χ2v) is 2.93. The first kappa shape index (κ1) is 9.32. The molecular formula is C9H8N4O2. The highest BCUT2D eigenvalue weighted by Crippen LogP contribution is 2.12. The molecule has 0 aliphatic carbocycles. The highest BCUT2D eigenvalue weighted by Gasteiger charge is 2.05. The molecule has 2 N–H and O–H groups in total. The third-order valence-electron chi connectivity index (χ3n) is 1.83. The van der Waals surface area contributed by atoms with E-state index in [0.717, 1.165) is 5.69 Å². The summed E-state index contributed by atoms with van der Waals surface area (Å²) in [6.45, 7) is 0. The first-order valence-electron chi connectivity index (χ1n) is 4.27. The number of carboxylic acid groups (broad SMARTS) is 1. The number of imidazole rings is 1. The molecule has 0 saturated carbocycles. The van der Waals surface area contributed by atoms with Crippen molar-refractivity contribution in [2.45, 2.75) is 6.42 Å². The molecule has 0 spiro atoms. The summed E-state index contributed by atoms with van der Waals surface area (Å²) in [4.78, 5) is 25.1. The fourth-order valence-electron chi connectivity index (χ4n) is 1.19. The fraction of sp³-hybridized carbons (Fsp3) is 0.111. The molecule has 0 bridgehead atoms. The van der Waals surface area contributed by atoms with E-state index >= 15 is 0 Å². The monoisotopic (exact) mass is 204 g/mol. The molecule has 76 valence electrons. The summed E-state index contributed by atoms with van der Waals surface area (Å²) >= 11 is 0. The molecule has 0 aromatic carbocycles. The van der Waals surface area contributed by atoms with E-state index in [2.05, 4.69) is 19.9 Å². The van der Waals surface area contributed by atoms with Gasteiger partial charge in [-0.2, -0.15) is 0 Å². The molecule has 0 aliphatic heterocycles. The lowest BCUT2D eigenvalue weighted by Gasteiger charge is -1.98. The van der Waals surface area contributed by atoms with Crippen LogP contribution in [0.2, 0.25) is 0 Å². The molecule has 0 atom stereocenters. The van der Waals surface area contributed by atoms with Crippen LogP contribution >= 0.6 is 0 Å². The Bertz CT molecular complexity index is 467. The van der Waals surface area contributed by atoms with Crippen LogP contribution in [0.25, 0.3) is 11.4 Å². The lowest BCUT2D eigenvalue weighted by Crippen LogP contribution is -2.03. The Balaban J connectivity index is 2.31. The normalized spacial score (nSPS) is 10.1. The number of nitrogens with one attached hydrogen (secondary N) is 1. The summed E-state index contributed by atoms with van der Waals surface area (Å²) in [7, 11) is 0. The van der Waals surface area contributed by atoms with Crippen molar-refractivity contribution in [1.82, 2.24) is 19.9 Å². The molecule has 15 heavy (non-hydrogen) atoms. The molecule has 2 aromatic rings. The van der Waals surface area contributed by atoms with Crippen LogP contribution in [0.5, 0.6) is 0 Å². The first-order valence-corrected chi connectivity index (χ1v) is 4.27. The summed E-state index contributed by atoms with van der Waals surface area (Å²) in [5.41, 5.74) is 1.85. The smallest absolute Gasteiger partial charge is 0.309 e. The Morgan fingerprint density at radius 1 is 1.47 bits per heavy atom. The van der Waals surface area contributed by atoms with Crippen LogP contribution in [-0.2, 0) is 11.2 Å². The van der Waals surface area contributed by atoms with E-state index in [0.29, 0.717) is 11.4 Å². The molecule has 0 amide bonds. The Kier molecular flexibility index (Phi) is 2.40. The SMILES string of the molecule is O=C(O)Cc1cc(-c2cnc[nH]2)ncn1. The van der Waals surface area contributed by atoms with Crippen LogP contribution in [0.1, 0.15) is 5.69 Å². The average Bonchev–Trinajstić information content (AvgIpc) is 2.69. The van der Waals surface area contributed by atoms with Crippen LogP contribution in [0.3, 0.4) is 0 Å². The van der Waals surface area contributed by atoms with Crippen molar-refractivity contribution in [3.8, 4) is 11.4 Å². The molecule has 0 fully saturated rings. The molecule has 0 aliphatic rings. The number of aromatic amines is 1. The van der Waals surface area contributed by atoms with Gasteiger partial charge in [-0.05, 0) is 6.07 Å². The van der Waals surface area contributed by atoms with Gasteiger partial charge in [0.2, 0.25) is 0 Å². The lowest BCUT2D eigenvalue weighted by atomic mass is 10.2. The average molecular weight is 204 g/mol. The molecule has 6 nitrogen and oxygen atoms in total. The van der Waals surface area contributed by atoms with Gasteiger partial charge >= 0.3 is 5.97 Å². The quantitative estimate of drug-likeness (QED) is 0.759. The standard InChI is InChI=1S/C9H8N4O2/c14-9(15)2-6-1-7(13-5-11-6)8-3-10-4-12-8/h1,3-5H,2H2,(H,10,12)(H,14,15).